The molecule has 73 heavy (non-hydrogen) atoms. The zero-order valence-corrected chi connectivity index (χ0v) is 43.4. The highest BCUT2D eigenvalue weighted by Crippen LogP contribution is 2.49. The third kappa shape index (κ3) is 10.3. The number of carbonyl (C=O) groups excluding carboxylic acids is 2. The first-order valence-corrected chi connectivity index (χ1v) is 26.5. The van der Waals surface area contributed by atoms with E-state index in [4.69, 9.17) is 25.0 Å². The minimum absolute atomic E-state index is 0.00662. The monoisotopic (exact) mass is 1040 g/mol. The smallest absolute Gasteiger partial charge is 0.253 e. The average molecular weight is 1040 g/mol. The number of nitrogens with two attached hydrogens (primary N) is 1. The molecular formula is C50H61FN14O6S2. The zero-order chi connectivity index (χ0) is 51.7. The second-order valence-corrected chi connectivity index (χ2v) is 21.8. The Kier molecular flexibility index (Phi) is 15.1. The average Bonchev–Trinajstić information content (AvgIpc) is 4.22. The summed E-state index contributed by atoms with van der Waals surface area (Å²) in [4.78, 5) is 54.3. The summed E-state index contributed by atoms with van der Waals surface area (Å²) in [6, 6.07) is 4.63. The Hall–Kier alpha value is -6.61. The third-order valence-electron chi connectivity index (χ3n) is 14.3. The van der Waals surface area contributed by atoms with Gasteiger partial charge < -0.3 is 45.2 Å². The standard InChI is InChI=1S/C50H61FN14O6S2/c1-27(2)41(47(69)64-24-31(66)21-36(64)46(68)56-29(4)32-12-13-33(40(51)42(32)67)43-30(5)55-26-72-43)65-25-38(59-61-65)70-20-8-7-17-62-18-10-19-63(28(3)23-62)49-54-16-14-35(57-49)45-58-48(71-60-45)50(6)15-9-11-37-39(50)34(22-52)44(53)73-37/h12-14,16,25-29,31,36,41,66-67H,7-11,15,17-21,23-24,53H2,1-6H3,(H,56,68)/t28-,29-,31+,36-,41-,50-/m0/s1. The molecule has 1 aliphatic carbocycles. The molecule has 7 heterocycles. The van der Waals surface area contributed by atoms with Crippen LogP contribution in [0.1, 0.15) is 118 Å². The van der Waals surface area contributed by atoms with Gasteiger partial charge in [-0.25, -0.2) is 24.0 Å². The fraction of sp³-hybridized carbons (Fsp3) is 0.520. The van der Waals surface area contributed by atoms with Crippen LogP contribution in [0.15, 0.2) is 40.6 Å². The predicted molar refractivity (Wildman–Crippen MR) is 271 cm³/mol. The largest absolute Gasteiger partial charge is 0.505 e. The number of anilines is 2. The number of aromatic hydroxyl groups is 1. The summed E-state index contributed by atoms with van der Waals surface area (Å²) < 4.78 is 28.8. The number of hydrogen-bond acceptors (Lipinski definition) is 19. The Labute approximate surface area is 430 Å². The van der Waals surface area contributed by atoms with Gasteiger partial charge in [-0.05, 0) is 97.4 Å². The number of aliphatic hydroxyl groups is 1. The number of thiazole rings is 1. The first kappa shape index (κ1) is 51.3. The Bertz CT molecular complexity index is 3010. The van der Waals surface area contributed by atoms with E-state index in [1.807, 2.05) is 20.8 Å². The van der Waals surface area contributed by atoms with Crippen molar-refractivity contribution in [2.45, 2.75) is 122 Å². The van der Waals surface area contributed by atoms with Gasteiger partial charge in [0.2, 0.25) is 29.5 Å². The minimum atomic E-state index is -1.02. The summed E-state index contributed by atoms with van der Waals surface area (Å²) in [5.41, 5.74) is 10.2. The molecule has 6 atom stereocenters. The van der Waals surface area contributed by atoms with Crippen molar-refractivity contribution in [1.29, 1.82) is 5.26 Å². The number of unbranched alkanes of at least 4 members (excludes halogenated alkanes) is 1. The van der Waals surface area contributed by atoms with E-state index in [1.165, 1.54) is 32.3 Å². The third-order valence-corrected chi connectivity index (χ3v) is 16.4. The number of likely N-dealkylation sites (tertiary alicyclic amines) is 1. The number of hydrogen-bond donors (Lipinski definition) is 4. The van der Waals surface area contributed by atoms with Crippen molar-refractivity contribution in [2.75, 3.05) is 50.0 Å². The molecule has 5 N–H and O–H groups in total. The molecule has 0 spiro atoms. The fourth-order valence-electron chi connectivity index (χ4n) is 10.5. The summed E-state index contributed by atoms with van der Waals surface area (Å²) in [5.74, 6) is -0.948. The minimum Gasteiger partial charge on any atom is -0.505 e. The predicted octanol–water partition coefficient (Wildman–Crippen LogP) is 6.35. The van der Waals surface area contributed by atoms with Gasteiger partial charge in [0.15, 0.2) is 11.6 Å². The number of aliphatic hydroxyl groups excluding tert-OH is 1. The SMILES string of the molecule is Cc1ncsc1-c1ccc([C@H](C)NC(=O)[C@@H]2C[C@@H](O)CN2C(=O)[C@H](C(C)C)n2cc(OCCCCN3CCCN(c4nccc(-c5noc([C@@]6(C)CCCc7sc(N)c(C#N)c76)n5)n4)[C@@H](C)C3)nn2)c(O)c1F. The quantitative estimate of drug-likeness (QED) is 0.0770. The van der Waals surface area contributed by atoms with Gasteiger partial charge in [0.1, 0.15) is 28.8 Å². The van der Waals surface area contributed by atoms with Gasteiger partial charge in [-0.1, -0.05) is 35.4 Å². The van der Waals surface area contributed by atoms with Crippen LogP contribution in [0.3, 0.4) is 0 Å². The molecule has 9 rings (SSSR count). The van der Waals surface area contributed by atoms with Crippen molar-refractivity contribution in [3.8, 4) is 39.7 Å². The number of thiophene rings is 1. The Morgan fingerprint density at radius 3 is 2.73 bits per heavy atom. The summed E-state index contributed by atoms with van der Waals surface area (Å²) in [7, 11) is 0. The van der Waals surface area contributed by atoms with Crippen molar-refractivity contribution in [2.24, 2.45) is 5.92 Å². The molecule has 5 aromatic heterocycles. The number of ether oxygens (including phenoxy) is 1. The maximum Gasteiger partial charge on any atom is 0.253 e. The van der Waals surface area contributed by atoms with Gasteiger partial charge in [-0.2, -0.15) is 10.2 Å². The van der Waals surface area contributed by atoms with Crippen LogP contribution in [0, 0.1) is 30.0 Å². The van der Waals surface area contributed by atoms with Gasteiger partial charge in [0, 0.05) is 59.9 Å². The molecule has 0 saturated carbocycles. The highest BCUT2D eigenvalue weighted by atomic mass is 32.1. The molecule has 2 aliphatic heterocycles. The van der Waals surface area contributed by atoms with E-state index in [9.17, 15) is 25.1 Å². The van der Waals surface area contributed by atoms with Crippen molar-refractivity contribution in [3.05, 3.63) is 75.1 Å². The van der Waals surface area contributed by atoms with Crippen LogP contribution in [0.4, 0.5) is 15.3 Å². The number of aromatic nitrogens is 8. The van der Waals surface area contributed by atoms with E-state index in [0.717, 1.165) is 75.1 Å². The molecule has 386 valence electrons. The summed E-state index contributed by atoms with van der Waals surface area (Å²) in [6.45, 7) is 15.0. The number of phenols is 1. The number of fused-ring (bicyclic) bond motifs is 1. The molecule has 20 nitrogen and oxygen atoms in total. The number of amides is 2. The number of benzene rings is 1. The van der Waals surface area contributed by atoms with E-state index in [0.29, 0.717) is 51.1 Å². The number of phenolic OH excluding ortho intramolecular Hbond substituents is 1. The van der Waals surface area contributed by atoms with E-state index in [1.54, 1.807) is 50.0 Å². The van der Waals surface area contributed by atoms with Crippen LogP contribution in [0.25, 0.3) is 22.0 Å². The molecule has 2 saturated heterocycles. The molecule has 0 unspecified atom stereocenters. The molecule has 2 amide bonds. The maximum atomic E-state index is 15.4. The van der Waals surface area contributed by atoms with Gasteiger partial charge in [-0.3, -0.25) is 9.59 Å². The zero-order valence-electron chi connectivity index (χ0n) is 41.8. The van der Waals surface area contributed by atoms with Crippen LogP contribution in [-0.2, 0) is 21.4 Å². The molecule has 23 heteroatoms. The number of rotatable bonds is 16. The Balaban J connectivity index is 0.757. The molecule has 6 aromatic rings. The number of β-amino-alcohol motifs (C(OH)–C–C–N with tert-alkyl or cyclic N) is 1. The number of nitriles is 1. The van der Waals surface area contributed by atoms with Crippen LogP contribution in [-0.4, -0.2) is 129 Å². The fourth-order valence-corrected chi connectivity index (χ4v) is 12.5. The van der Waals surface area contributed by atoms with Crippen molar-refractivity contribution >= 4 is 45.4 Å². The van der Waals surface area contributed by atoms with Gasteiger partial charge >= 0.3 is 0 Å². The number of halogens is 1. The van der Waals surface area contributed by atoms with Crippen molar-refractivity contribution in [3.63, 3.8) is 0 Å². The van der Waals surface area contributed by atoms with E-state index in [-0.39, 0.29) is 41.9 Å². The molecule has 0 bridgehead atoms. The molecular weight excluding hydrogens is 976 g/mol. The van der Waals surface area contributed by atoms with Crippen LogP contribution in [0.5, 0.6) is 11.6 Å². The summed E-state index contributed by atoms with van der Waals surface area (Å²) in [6.07, 6.45) is 7.46. The van der Waals surface area contributed by atoms with Crippen LogP contribution < -0.4 is 20.7 Å². The first-order chi connectivity index (χ1) is 35.1. The highest BCUT2D eigenvalue weighted by Gasteiger charge is 2.45. The number of aryl methyl sites for hydroxylation is 2. The number of nitrogens with zero attached hydrogens (tertiary/aromatic N) is 12. The van der Waals surface area contributed by atoms with Gasteiger partial charge in [0.25, 0.3) is 5.88 Å². The Morgan fingerprint density at radius 1 is 1.14 bits per heavy atom. The number of nitrogens with one attached hydrogen (secondary N) is 1. The maximum absolute atomic E-state index is 15.4. The van der Waals surface area contributed by atoms with Gasteiger partial charge in [0.05, 0.1) is 52.0 Å². The van der Waals surface area contributed by atoms with Crippen molar-refractivity contribution < 1.29 is 33.5 Å². The van der Waals surface area contributed by atoms with E-state index < -0.39 is 53.0 Å². The lowest BCUT2D eigenvalue weighted by atomic mass is 9.72. The van der Waals surface area contributed by atoms with E-state index in [2.05, 4.69) is 53.5 Å². The first-order valence-electron chi connectivity index (χ1n) is 24.8. The summed E-state index contributed by atoms with van der Waals surface area (Å²) >= 11 is 2.73. The van der Waals surface area contributed by atoms with Crippen LogP contribution in [0.2, 0.25) is 0 Å². The molecule has 1 aromatic carbocycles. The topological polar surface area (TPSA) is 264 Å². The van der Waals surface area contributed by atoms with E-state index >= 15 is 4.39 Å². The van der Waals surface area contributed by atoms with Crippen molar-refractivity contribution in [1.82, 2.24) is 55.2 Å². The number of carbonyl (C=O) groups is 2. The lowest BCUT2D eigenvalue weighted by Crippen LogP contribution is -2.49. The molecule has 2 fully saturated rings. The second kappa shape index (κ2) is 21.5. The van der Waals surface area contributed by atoms with Gasteiger partial charge in [-0.15, -0.1) is 22.7 Å². The highest BCUT2D eigenvalue weighted by molar-refractivity contribution is 7.16. The lowest BCUT2D eigenvalue weighted by Gasteiger charge is -2.30. The van der Waals surface area contributed by atoms with Crippen LogP contribution >= 0.6 is 22.7 Å². The lowest BCUT2D eigenvalue weighted by molar-refractivity contribution is -0.142. The molecule has 0 radical (unpaired) electrons. The Morgan fingerprint density at radius 2 is 1.96 bits per heavy atom. The normalized spacial score (nSPS) is 21.2. The summed E-state index contributed by atoms with van der Waals surface area (Å²) in [5, 5.41) is 47.6. The number of nitrogen functional groups attached to an aromatic ring is 1. The second-order valence-electron chi connectivity index (χ2n) is 19.8. The molecule has 3 aliphatic rings.